The lowest BCUT2D eigenvalue weighted by Gasteiger charge is -2.22. The summed E-state index contributed by atoms with van der Waals surface area (Å²) in [6.45, 7) is 4.61. The van der Waals surface area contributed by atoms with Crippen LogP contribution in [0.25, 0.3) is 0 Å². The Balaban J connectivity index is 2.75. The van der Waals surface area contributed by atoms with Crippen LogP contribution in [0.2, 0.25) is 0 Å². The van der Waals surface area contributed by atoms with Crippen LogP contribution in [0, 0.1) is 6.92 Å². The summed E-state index contributed by atoms with van der Waals surface area (Å²) < 4.78 is 25.8. The third kappa shape index (κ3) is 3.80. The van der Waals surface area contributed by atoms with Gasteiger partial charge in [0.05, 0.1) is 5.25 Å². The zero-order chi connectivity index (χ0) is 13.8. The first-order valence-electron chi connectivity index (χ1n) is 6.03. The molecule has 1 aromatic carbocycles. The van der Waals surface area contributed by atoms with Crippen molar-refractivity contribution in [2.45, 2.75) is 25.6 Å². The van der Waals surface area contributed by atoms with Gasteiger partial charge in [0.2, 0.25) is 10.0 Å². The molecule has 1 atom stereocenters. The molecule has 0 amide bonds. The van der Waals surface area contributed by atoms with Crippen LogP contribution in [0.1, 0.15) is 18.1 Å². The van der Waals surface area contributed by atoms with E-state index >= 15 is 0 Å². The van der Waals surface area contributed by atoms with E-state index in [1.54, 1.807) is 21.0 Å². The van der Waals surface area contributed by atoms with E-state index in [-0.39, 0.29) is 0 Å². The van der Waals surface area contributed by atoms with Gasteiger partial charge in [-0.05, 0) is 26.5 Å². The van der Waals surface area contributed by atoms with Crippen molar-refractivity contribution in [3.63, 3.8) is 0 Å². The molecular weight excluding hydrogens is 248 g/mol. The predicted molar refractivity (Wildman–Crippen MR) is 75.0 cm³/mol. The number of hydrogen-bond donors (Lipinski definition) is 1. The maximum absolute atomic E-state index is 12.2. The summed E-state index contributed by atoms with van der Waals surface area (Å²) in [5.41, 5.74) is 2.18. The number of benzene rings is 1. The third-order valence-corrected chi connectivity index (χ3v) is 5.14. The Bertz CT molecular complexity index is 468. The van der Waals surface area contributed by atoms with E-state index in [1.807, 2.05) is 31.2 Å². The molecule has 0 aliphatic carbocycles. The Kier molecular flexibility index (Phi) is 5.31. The molecule has 102 valence electrons. The minimum atomic E-state index is -3.24. The second-order valence-electron chi connectivity index (χ2n) is 4.65. The van der Waals surface area contributed by atoms with Crippen LogP contribution in [0.5, 0.6) is 0 Å². The molecule has 0 aliphatic heterocycles. The summed E-state index contributed by atoms with van der Waals surface area (Å²) >= 11 is 0. The lowest BCUT2D eigenvalue weighted by atomic mass is 10.1. The van der Waals surface area contributed by atoms with Gasteiger partial charge in [0, 0.05) is 20.1 Å². The first-order chi connectivity index (χ1) is 8.37. The van der Waals surface area contributed by atoms with Crippen LogP contribution in [0.4, 0.5) is 0 Å². The number of aryl methyl sites for hydroxylation is 1. The van der Waals surface area contributed by atoms with Crippen LogP contribution in [0.15, 0.2) is 24.3 Å². The van der Waals surface area contributed by atoms with Crippen molar-refractivity contribution in [1.82, 2.24) is 9.62 Å². The molecule has 0 fully saturated rings. The number of nitrogens with zero attached hydrogens (tertiary/aromatic N) is 1. The third-order valence-electron chi connectivity index (χ3n) is 2.96. The van der Waals surface area contributed by atoms with Crippen LogP contribution in [-0.2, 0) is 16.6 Å². The molecule has 5 heteroatoms. The highest BCUT2D eigenvalue weighted by Gasteiger charge is 2.25. The number of hydrogen-bond acceptors (Lipinski definition) is 3. The highest BCUT2D eigenvalue weighted by atomic mass is 32.2. The highest BCUT2D eigenvalue weighted by molar-refractivity contribution is 7.89. The molecule has 0 radical (unpaired) electrons. The fourth-order valence-electron chi connectivity index (χ4n) is 1.74. The van der Waals surface area contributed by atoms with E-state index in [0.717, 1.165) is 5.56 Å². The smallest absolute Gasteiger partial charge is 0.218 e. The molecule has 18 heavy (non-hydrogen) atoms. The van der Waals surface area contributed by atoms with Gasteiger partial charge < -0.3 is 5.32 Å². The van der Waals surface area contributed by atoms with E-state index in [4.69, 9.17) is 0 Å². The molecule has 0 aliphatic rings. The lowest BCUT2D eigenvalue weighted by Crippen LogP contribution is -2.38. The summed E-state index contributed by atoms with van der Waals surface area (Å²) in [5.74, 6) is 0. The lowest BCUT2D eigenvalue weighted by molar-refractivity contribution is 0.455. The topological polar surface area (TPSA) is 49.4 Å². The quantitative estimate of drug-likeness (QED) is 0.849. The van der Waals surface area contributed by atoms with Crippen molar-refractivity contribution in [3.05, 3.63) is 35.4 Å². The van der Waals surface area contributed by atoms with E-state index in [9.17, 15) is 8.42 Å². The predicted octanol–water partition coefficient (Wildman–Crippen LogP) is 1.36. The summed E-state index contributed by atoms with van der Waals surface area (Å²) in [7, 11) is 0.144. The van der Waals surface area contributed by atoms with Crippen molar-refractivity contribution >= 4 is 10.0 Å². The SMILES string of the molecule is CNCC(C)S(=O)(=O)N(C)Cc1ccc(C)cc1. The van der Waals surface area contributed by atoms with Gasteiger partial charge in [0.1, 0.15) is 0 Å². The molecule has 0 saturated heterocycles. The van der Waals surface area contributed by atoms with Gasteiger partial charge >= 0.3 is 0 Å². The van der Waals surface area contributed by atoms with E-state index in [0.29, 0.717) is 13.1 Å². The fraction of sp³-hybridized carbons (Fsp3) is 0.538. The molecular formula is C13H22N2O2S. The molecule has 0 heterocycles. The van der Waals surface area contributed by atoms with Gasteiger partial charge in [-0.25, -0.2) is 12.7 Å². The standard InChI is InChI=1S/C13H22N2O2S/c1-11-5-7-13(8-6-11)10-15(4)18(16,17)12(2)9-14-3/h5-8,12,14H,9-10H2,1-4H3. The zero-order valence-electron chi connectivity index (χ0n) is 11.5. The molecule has 0 bridgehead atoms. The average Bonchev–Trinajstić information content (AvgIpc) is 2.32. The molecule has 4 nitrogen and oxygen atoms in total. The van der Waals surface area contributed by atoms with E-state index in [2.05, 4.69) is 5.32 Å². The maximum Gasteiger partial charge on any atom is 0.218 e. The van der Waals surface area contributed by atoms with Crippen LogP contribution in [-0.4, -0.2) is 38.6 Å². The molecule has 0 spiro atoms. The van der Waals surface area contributed by atoms with Crippen molar-refractivity contribution in [2.24, 2.45) is 0 Å². The zero-order valence-corrected chi connectivity index (χ0v) is 12.3. The Morgan fingerprint density at radius 2 is 1.83 bits per heavy atom. The fourth-order valence-corrected chi connectivity index (χ4v) is 3.06. The van der Waals surface area contributed by atoms with Crippen molar-refractivity contribution in [3.8, 4) is 0 Å². The molecule has 1 unspecified atom stereocenters. The van der Waals surface area contributed by atoms with Gasteiger partial charge in [-0.2, -0.15) is 0 Å². The van der Waals surface area contributed by atoms with Gasteiger partial charge in [0.15, 0.2) is 0 Å². The molecule has 0 aromatic heterocycles. The Morgan fingerprint density at radius 3 is 2.33 bits per heavy atom. The highest BCUT2D eigenvalue weighted by Crippen LogP contribution is 2.12. The maximum atomic E-state index is 12.2. The largest absolute Gasteiger partial charge is 0.318 e. The number of nitrogens with one attached hydrogen (secondary N) is 1. The van der Waals surface area contributed by atoms with E-state index in [1.165, 1.54) is 9.87 Å². The van der Waals surface area contributed by atoms with Crippen molar-refractivity contribution < 1.29 is 8.42 Å². The molecule has 1 aromatic rings. The normalized spacial score (nSPS) is 13.8. The summed E-state index contributed by atoms with van der Waals surface area (Å²) in [4.78, 5) is 0. The summed E-state index contributed by atoms with van der Waals surface area (Å²) in [6.07, 6.45) is 0. The minimum absolute atomic E-state index is 0.413. The first-order valence-corrected chi connectivity index (χ1v) is 7.53. The Labute approximate surface area is 110 Å². The Hall–Kier alpha value is -0.910. The summed E-state index contributed by atoms with van der Waals surface area (Å²) in [6, 6.07) is 7.91. The molecule has 1 rings (SSSR count). The van der Waals surface area contributed by atoms with Crippen LogP contribution < -0.4 is 5.32 Å². The van der Waals surface area contributed by atoms with Crippen molar-refractivity contribution in [1.29, 1.82) is 0 Å². The second kappa shape index (κ2) is 6.31. The van der Waals surface area contributed by atoms with Crippen molar-refractivity contribution in [2.75, 3.05) is 20.6 Å². The van der Waals surface area contributed by atoms with Gasteiger partial charge in [-0.3, -0.25) is 0 Å². The van der Waals surface area contributed by atoms with Gasteiger partial charge in [-0.1, -0.05) is 29.8 Å². The van der Waals surface area contributed by atoms with Gasteiger partial charge in [0.25, 0.3) is 0 Å². The van der Waals surface area contributed by atoms with Gasteiger partial charge in [-0.15, -0.1) is 0 Å². The monoisotopic (exact) mass is 270 g/mol. The molecule has 1 N–H and O–H groups in total. The number of rotatable bonds is 6. The van der Waals surface area contributed by atoms with E-state index < -0.39 is 15.3 Å². The van der Waals surface area contributed by atoms with Crippen LogP contribution >= 0.6 is 0 Å². The number of sulfonamides is 1. The minimum Gasteiger partial charge on any atom is -0.318 e. The Morgan fingerprint density at radius 1 is 1.28 bits per heavy atom. The second-order valence-corrected chi connectivity index (χ2v) is 7.11. The van der Waals surface area contributed by atoms with Crippen LogP contribution in [0.3, 0.4) is 0 Å². The molecule has 0 saturated carbocycles. The summed E-state index contributed by atoms with van der Waals surface area (Å²) in [5, 5.41) is 2.48. The average molecular weight is 270 g/mol. The first kappa shape index (κ1) is 15.1.